The van der Waals surface area contributed by atoms with Gasteiger partial charge >= 0.3 is 0 Å². The Morgan fingerprint density at radius 1 is 1.31 bits per heavy atom. The van der Waals surface area contributed by atoms with Crippen molar-refractivity contribution in [2.75, 3.05) is 13.6 Å². The lowest BCUT2D eigenvalue weighted by molar-refractivity contribution is 0.0920. The molecule has 2 aromatic heterocycles. The number of ketones is 1. The summed E-state index contributed by atoms with van der Waals surface area (Å²) in [7, 11) is 2.10. The summed E-state index contributed by atoms with van der Waals surface area (Å²) in [5.74, 6) is 0.358. The minimum atomic E-state index is -0.0998. The molecule has 32 heavy (non-hydrogen) atoms. The van der Waals surface area contributed by atoms with Crippen LogP contribution >= 0.6 is 22.9 Å². The second kappa shape index (κ2) is 8.96. The van der Waals surface area contributed by atoms with Crippen LogP contribution in [-0.2, 0) is 13.0 Å². The summed E-state index contributed by atoms with van der Waals surface area (Å²) >= 11 is 7.61. The number of carbonyl (C=O) groups excluding carboxylic acids is 2. The minimum Gasteiger partial charge on any atom is -0.351 e. The van der Waals surface area contributed by atoms with E-state index in [1.807, 2.05) is 24.3 Å². The van der Waals surface area contributed by atoms with Crippen LogP contribution in [0.4, 0.5) is 0 Å². The van der Waals surface area contributed by atoms with E-state index < -0.39 is 0 Å². The molecule has 1 aliphatic carbocycles. The molecule has 8 heteroatoms. The van der Waals surface area contributed by atoms with Gasteiger partial charge in [-0.3, -0.25) is 9.59 Å². The Hall–Kier alpha value is -2.22. The van der Waals surface area contributed by atoms with Gasteiger partial charge in [0.15, 0.2) is 10.8 Å². The van der Waals surface area contributed by atoms with E-state index in [2.05, 4.69) is 27.2 Å². The van der Waals surface area contributed by atoms with Gasteiger partial charge in [0.25, 0.3) is 5.91 Å². The first-order chi connectivity index (χ1) is 15.5. The summed E-state index contributed by atoms with van der Waals surface area (Å²) in [6, 6.07) is 7.48. The van der Waals surface area contributed by atoms with Crippen LogP contribution in [0.3, 0.4) is 0 Å². The number of benzene rings is 1. The normalized spacial score (nSPS) is 21.1. The van der Waals surface area contributed by atoms with Crippen molar-refractivity contribution in [2.24, 2.45) is 5.92 Å². The number of fused-ring (bicyclic) bond motifs is 2. The second-order valence-electron chi connectivity index (χ2n) is 9.02. The van der Waals surface area contributed by atoms with Gasteiger partial charge in [0.1, 0.15) is 5.69 Å². The standard InChI is InChI=1S/C24H27ClN4O2S/c1-29-10-9-19-22(13-29)32-24(28-19)21(30)8-5-14-3-2-4-17(14)27-23(31)20-12-15-11-16(25)6-7-18(15)26-20/h6-7,11-12,14,17,26H,2-5,8-10,13H2,1H3,(H,27,31)/t14?,17-/m0/s1. The van der Waals surface area contributed by atoms with Crippen molar-refractivity contribution in [1.82, 2.24) is 20.2 Å². The molecular formula is C24H27ClN4O2S. The Labute approximate surface area is 196 Å². The topological polar surface area (TPSA) is 78.1 Å². The Morgan fingerprint density at radius 3 is 3.06 bits per heavy atom. The number of aromatic amines is 1. The summed E-state index contributed by atoms with van der Waals surface area (Å²) < 4.78 is 0. The molecule has 1 aromatic carbocycles. The fourth-order valence-electron chi connectivity index (χ4n) is 4.91. The zero-order valence-electron chi connectivity index (χ0n) is 18.1. The van der Waals surface area contributed by atoms with Crippen molar-refractivity contribution in [1.29, 1.82) is 0 Å². The van der Waals surface area contributed by atoms with E-state index in [0.29, 0.717) is 28.1 Å². The van der Waals surface area contributed by atoms with Crippen LogP contribution in [0, 0.1) is 5.92 Å². The molecule has 0 saturated heterocycles. The molecule has 5 rings (SSSR count). The highest BCUT2D eigenvalue weighted by atomic mass is 35.5. The number of hydrogen-bond acceptors (Lipinski definition) is 5. The van der Waals surface area contributed by atoms with Crippen LogP contribution < -0.4 is 5.32 Å². The van der Waals surface area contributed by atoms with E-state index in [4.69, 9.17) is 11.6 Å². The largest absolute Gasteiger partial charge is 0.351 e. The zero-order valence-corrected chi connectivity index (χ0v) is 19.7. The van der Waals surface area contributed by atoms with E-state index >= 15 is 0 Å². The van der Waals surface area contributed by atoms with E-state index in [1.165, 1.54) is 4.88 Å². The van der Waals surface area contributed by atoms with Crippen LogP contribution in [0.1, 0.15) is 63.0 Å². The third-order valence-corrected chi connectivity index (χ3v) is 8.06. The molecule has 0 spiro atoms. The molecule has 3 heterocycles. The SMILES string of the molecule is CN1CCc2nc(C(=O)CCC3CCC[C@@H]3NC(=O)c3cc4cc(Cl)ccc4[nH]3)sc2C1. The van der Waals surface area contributed by atoms with Crippen molar-refractivity contribution in [3.63, 3.8) is 0 Å². The van der Waals surface area contributed by atoms with Crippen LogP contribution in [0.25, 0.3) is 10.9 Å². The molecule has 0 bridgehead atoms. The third-order valence-electron chi connectivity index (χ3n) is 6.71. The summed E-state index contributed by atoms with van der Waals surface area (Å²) in [6.45, 7) is 1.88. The van der Waals surface area contributed by atoms with Crippen LogP contribution in [0.5, 0.6) is 0 Å². The average molecular weight is 471 g/mol. The molecule has 1 fully saturated rings. The van der Waals surface area contributed by atoms with Gasteiger partial charge < -0.3 is 15.2 Å². The second-order valence-corrected chi connectivity index (χ2v) is 10.5. The quantitative estimate of drug-likeness (QED) is 0.506. The van der Waals surface area contributed by atoms with Crippen LogP contribution in [-0.4, -0.2) is 46.2 Å². The maximum Gasteiger partial charge on any atom is 0.267 e. The number of rotatable bonds is 6. The number of likely N-dealkylation sites (N-methyl/N-ethyl adjacent to an activating group) is 1. The van der Waals surface area contributed by atoms with Gasteiger partial charge in [0.05, 0.1) is 5.69 Å². The number of thiazole rings is 1. The van der Waals surface area contributed by atoms with E-state index in [9.17, 15) is 9.59 Å². The first kappa shape index (κ1) is 21.6. The maximum atomic E-state index is 12.8. The molecule has 2 atom stereocenters. The molecule has 1 unspecified atom stereocenters. The zero-order chi connectivity index (χ0) is 22.2. The number of amides is 1. The number of hydrogen-bond donors (Lipinski definition) is 2. The Balaban J connectivity index is 1.19. The number of Topliss-reactive ketones (excluding diaryl/α,β-unsaturated/α-hetero) is 1. The van der Waals surface area contributed by atoms with Crippen molar-refractivity contribution >= 4 is 45.5 Å². The van der Waals surface area contributed by atoms with E-state index in [0.717, 1.165) is 61.8 Å². The number of nitrogens with one attached hydrogen (secondary N) is 2. The highest BCUT2D eigenvalue weighted by Crippen LogP contribution is 2.32. The van der Waals surface area contributed by atoms with Crippen molar-refractivity contribution in [3.8, 4) is 0 Å². The molecule has 168 valence electrons. The molecule has 2 aliphatic rings. The van der Waals surface area contributed by atoms with Gasteiger partial charge in [-0.1, -0.05) is 18.0 Å². The summed E-state index contributed by atoms with van der Waals surface area (Å²) in [6.07, 6.45) is 5.27. The molecule has 3 aromatic rings. The van der Waals surface area contributed by atoms with Gasteiger partial charge in [-0.25, -0.2) is 4.98 Å². The first-order valence-electron chi connectivity index (χ1n) is 11.3. The Bertz CT molecular complexity index is 1170. The van der Waals surface area contributed by atoms with E-state index in [1.54, 1.807) is 11.3 Å². The molecular weight excluding hydrogens is 444 g/mol. The van der Waals surface area contributed by atoms with Crippen molar-refractivity contribution in [3.05, 3.63) is 50.6 Å². The number of halogens is 1. The number of carbonyl (C=O) groups is 2. The summed E-state index contributed by atoms with van der Waals surface area (Å²) in [5.41, 5.74) is 2.54. The number of aromatic nitrogens is 2. The highest BCUT2D eigenvalue weighted by molar-refractivity contribution is 7.13. The molecule has 1 amide bonds. The van der Waals surface area contributed by atoms with E-state index in [-0.39, 0.29) is 17.7 Å². The smallest absolute Gasteiger partial charge is 0.267 e. The molecule has 2 N–H and O–H groups in total. The lowest BCUT2D eigenvalue weighted by Crippen LogP contribution is -2.37. The molecule has 1 aliphatic heterocycles. The van der Waals surface area contributed by atoms with Gasteiger partial charge in [-0.05, 0) is 56.5 Å². The molecule has 0 radical (unpaired) electrons. The van der Waals surface area contributed by atoms with Crippen LogP contribution in [0.2, 0.25) is 5.02 Å². The Kier molecular flexibility index (Phi) is 6.05. The van der Waals surface area contributed by atoms with Gasteiger partial charge in [0, 0.05) is 52.8 Å². The fourth-order valence-corrected chi connectivity index (χ4v) is 6.25. The average Bonchev–Trinajstić information content (AvgIpc) is 3.49. The van der Waals surface area contributed by atoms with Gasteiger partial charge in [-0.15, -0.1) is 11.3 Å². The fraction of sp³-hybridized carbons (Fsp3) is 0.458. The summed E-state index contributed by atoms with van der Waals surface area (Å²) in [4.78, 5) is 36.9. The monoisotopic (exact) mass is 470 g/mol. The predicted molar refractivity (Wildman–Crippen MR) is 128 cm³/mol. The number of nitrogens with zero attached hydrogens (tertiary/aromatic N) is 2. The van der Waals surface area contributed by atoms with Crippen LogP contribution in [0.15, 0.2) is 24.3 Å². The maximum absolute atomic E-state index is 12.8. The number of H-pyrrole nitrogens is 1. The van der Waals surface area contributed by atoms with Gasteiger partial charge in [-0.2, -0.15) is 0 Å². The van der Waals surface area contributed by atoms with Crippen molar-refractivity contribution in [2.45, 2.75) is 51.1 Å². The lowest BCUT2D eigenvalue weighted by atomic mass is 9.96. The van der Waals surface area contributed by atoms with Gasteiger partial charge in [0.2, 0.25) is 0 Å². The highest BCUT2D eigenvalue weighted by Gasteiger charge is 2.30. The van der Waals surface area contributed by atoms with Crippen molar-refractivity contribution < 1.29 is 9.59 Å². The first-order valence-corrected chi connectivity index (χ1v) is 12.4. The lowest BCUT2D eigenvalue weighted by Gasteiger charge is -2.20. The predicted octanol–water partition coefficient (Wildman–Crippen LogP) is 4.83. The Morgan fingerprint density at radius 2 is 2.19 bits per heavy atom. The molecule has 1 saturated carbocycles. The minimum absolute atomic E-state index is 0.0998. The summed E-state index contributed by atoms with van der Waals surface area (Å²) in [5, 5.41) is 5.42. The molecule has 6 nitrogen and oxygen atoms in total. The third kappa shape index (κ3) is 4.47.